The first-order valence-electron chi connectivity index (χ1n) is 26.1. The van der Waals surface area contributed by atoms with Crippen molar-refractivity contribution >= 4 is 17.9 Å². The number of esters is 3. The molecule has 6 heteroatoms. The summed E-state index contributed by atoms with van der Waals surface area (Å²) in [6.07, 6.45) is 59.6. The largest absolute Gasteiger partial charge is 0.462 e. The van der Waals surface area contributed by atoms with Gasteiger partial charge in [0.25, 0.3) is 0 Å². The van der Waals surface area contributed by atoms with E-state index in [1.54, 1.807) is 0 Å². The Hall–Kier alpha value is -2.63. The second-order valence-electron chi connectivity index (χ2n) is 17.4. The summed E-state index contributed by atoms with van der Waals surface area (Å²) in [4.78, 5) is 37.9. The van der Waals surface area contributed by atoms with Gasteiger partial charge in [-0.1, -0.05) is 236 Å². The van der Waals surface area contributed by atoms with Gasteiger partial charge in [0.05, 0.1) is 0 Å². The van der Waals surface area contributed by atoms with Crippen LogP contribution in [0.3, 0.4) is 0 Å². The Morgan fingerprint density at radius 1 is 0.344 bits per heavy atom. The van der Waals surface area contributed by atoms with E-state index in [4.69, 9.17) is 14.2 Å². The minimum absolute atomic E-state index is 0.0861. The first-order valence-corrected chi connectivity index (χ1v) is 26.1. The van der Waals surface area contributed by atoms with Gasteiger partial charge in [0, 0.05) is 19.3 Å². The normalized spacial score (nSPS) is 12.4. The summed E-state index contributed by atoms with van der Waals surface area (Å²) in [6.45, 7) is 6.50. The molecule has 0 N–H and O–H groups in total. The number of ether oxygens (including phenoxy) is 3. The Labute approximate surface area is 378 Å². The predicted molar refractivity (Wildman–Crippen MR) is 261 cm³/mol. The van der Waals surface area contributed by atoms with E-state index in [0.29, 0.717) is 19.3 Å². The molecule has 6 nitrogen and oxygen atoms in total. The molecule has 1 unspecified atom stereocenters. The smallest absolute Gasteiger partial charge is 0.306 e. The molecule has 0 bridgehead atoms. The van der Waals surface area contributed by atoms with Crippen molar-refractivity contribution < 1.29 is 28.6 Å². The van der Waals surface area contributed by atoms with Crippen molar-refractivity contribution in [3.05, 3.63) is 48.6 Å². The molecule has 0 aliphatic heterocycles. The van der Waals surface area contributed by atoms with Gasteiger partial charge in [-0.15, -0.1) is 0 Å². The predicted octanol–water partition coefficient (Wildman–Crippen LogP) is 17.1. The Bertz CT molecular complexity index is 1070. The van der Waals surface area contributed by atoms with Crippen LogP contribution < -0.4 is 0 Å². The van der Waals surface area contributed by atoms with Gasteiger partial charge in [-0.05, 0) is 57.8 Å². The van der Waals surface area contributed by atoms with E-state index >= 15 is 0 Å². The molecule has 0 saturated heterocycles. The number of rotatable bonds is 47. The van der Waals surface area contributed by atoms with E-state index in [-0.39, 0.29) is 37.5 Å². The summed E-state index contributed by atoms with van der Waals surface area (Å²) in [7, 11) is 0. The molecule has 0 aliphatic rings. The highest BCUT2D eigenvalue weighted by Crippen LogP contribution is 2.16. The van der Waals surface area contributed by atoms with Gasteiger partial charge in [0.1, 0.15) is 13.2 Å². The van der Waals surface area contributed by atoms with Gasteiger partial charge in [0.2, 0.25) is 0 Å². The van der Waals surface area contributed by atoms with Crippen molar-refractivity contribution in [2.24, 2.45) is 0 Å². The van der Waals surface area contributed by atoms with E-state index in [1.165, 1.54) is 141 Å². The molecule has 354 valence electrons. The molecule has 1 atom stereocenters. The summed E-state index contributed by atoms with van der Waals surface area (Å²) < 4.78 is 16.8. The third-order valence-corrected chi connectivity index (χ3v) is 11.3. The third kappa shape index (κ3) is 48.3. The first kappa shape index (κ1) is 58.4. The number of allylic oxidation sites excluding steroid dienone is 8. The van der Waals surface area contributed by atoms with Crippen LogP contribution in [0.2, 0.25) is 0 Å². The maximum atomic E-state index is 12.8. The van der Waals surface area contributed by atoms with Crippen LogP contribution in [0.25, 0.3) is 0 Å². The molecule has 0 aliphatic carbocycles. The SMILES string of the molecule is CC/C=C\C/C=C\C/C=C\C/C=C\CCCCC(=O)OC(COC(=O)CCCCCCCCCCCCC)COC(=O)CCCCCCCCCCCCCCCCCCC. The fraction of sp³-hybridized carbons (Fsp3) is 0.800. The van der Waals surface area contributed by atoms with E-state index in [2.05, 4.69) is 69.4 Å². The molecule has 61 heavy (non-hydrogen) atoms. The zero-order valence-electron chi connectivity index (χ0n) is 40.4. The van der Waals surface area contributed by atoms with Crippen molar-refractivity contribution in [1.82, 2.24) is 0 Å². The molecule has 0 spiro atoms. The van der Waals surface area contributed by atoms with Crippen LogP contribution in [0.5, 0.6) is 0 Å². The molecule has 0 aromatic rings. The summed E-state index contributed by atoms with van der Waals surface area (Å²) in [5.74, 6) is -0.919. The van der Waals surface area contributed by atoms with Crippen LogP contribution in [0.1, 0.15) is 265 Å². The van der Waals surface area contributed by atoms with Gasteiger partial charge in [0.15, 0.2) is 6.10 Å². The lowest BCUT2D eigenvalue weighted by Crippen LogP contribution is -2.30. The van der Waals surface area contributed by atoms with Crippen molar-refractivity contribution in [3.63, 3.8) is 0 Å². The van der Waals surface area contributed by atoms with Crippen LogP contribution in [-0.2, 0) is 28.6 Å². The number of hydrogen-bond acceptors (Lipinski definition) is 6. The van der Waals surface area contributed by atoms with E-state index in [0.717, 1.165) is 77.0 Å². The summed E-state index contributed by atoms with van der Waals surface area (Å²) in [5.41, 5.74) is 0. The lowest BCUT2D eigenvalue weighted by atomic mass is 10.0. The van der Waals surface area contributed by atoms with Gasteiger partial charge in [-0.3, -0.25) is 14.4 Å². The van der Waals surface area contributed by atoms with Crippen LogP contribution >= 0.6 is 0 Å². The molecule has 0 aromatic heterocycles. The fourth-order valence-electron chi connectivity index (χ4n) is 7.43. The van der Waals surface area contributed by atoms with Crippen molar-refractivity contribution in [2.45, 2.75) is 271 Å². The Balaban J connectivity index is 4.38. The maximum Gasteiger partial charge on any atom is 0.306 e. The molecule has 0 heterocycles. The standard InChI is InChI=1S/C55H98O6/c1-4-7-10-13-16-19-22-24-26-27-29-30-33-36-39-42-45-48-54(57)60-51-52(50-59-53(56)47-44-41-38-35-32-21-18-15-12-9-6-3)61-55(58)49-46-43-40-37-34-31-28-25-23-20-17-14-11-8-5-2/h8,11,17,20,25,28,34,37,52H,4-7,9-10,12-16,18-19,21-24,26-27,29-33,35-36,38-51H2,1-3H3/b11-8-,20-17-,28-25-,37-34-. The van der Waals surface area contributed by atoms with Crippen LogP contribution in [-0.4, -0.2) is 37.2 Å². The van der Waals surface area contributed by atoms with Gasteiger partial charge in [-0.2, -0.15) is 0 Å². The van der Waals surface area contributed by atoms with E-state index in [9.17, 15) is 14.4 Å². The van der Waals surface area contributed by atoms with Crippen LogP contribution in [0.4, 0.5) is 0 Å². The van der Waals surface area contributed by atoms with Gasteiger partial charge in [-0.25, -0.2) is 0 Å². The number of unbranched alkanes of at least 4 members (excludes halogenated alkanes) is 28. The van der Waals surface area contributed by atoms with Crippen molar-refractivity contribution in [1.29, 1.82) is 0 Å². The monoisotopic (exact) mass is 855 g/mol. The van der Waals surface area contributed by atoms with E-state index < -0.39 is 6.10 Å². The Morgan fingerprint density at radius 2 is 0.639 bits per heavy atom. The molecule has 0 radical (unpaired) electrons. The molecule has 0 aromatic carbocycles. The number of carbonyl (C=O) groups excluding carboxylic acids is 3. The van der Waals surface area contributed by atoms with Crippen molar-refractivity contribution in [2.75, 3.05) is 13.2 Å². The number of hydrogen-bond donors (Lipinski definition) is 0. The first-order chi connectivity index (χ1) is 30.0. The quantitative estimate of drug-likeness (QED) is 0.0263. The highest BCUT2D eigenvalue weighted by Gasteiger charge is 2.19. The lowest BCUT2D eigenvalue weighted by molar-refractivity contribution is -0.167. The summed E-state index contributed by atoms with van der Waals surface area (Å²) >= 11 is 0. The zero-order valence-corrected chi connectivity index (χ0v) is 40.4. The van der Waals surface area contributed by atoms with Crippen LogP contribution in [0, 0.1) is 0 Å². The van der Waals surface area contributed by atoms with Crippen LogP contribution in [0.15, 0.2) is 48.6 Å². The molecule has 0 saturated carbocycles. The molecule has 0 fully saturated rings. The molecular weight excluding hydrogens is 757 g/mol. The molecule has 0 amide bonds. The average molecular weight is 855 g/mol. The Kier molecular flexibility index (Phi) is 47.9. The number of carbonyl (C=O) groups is 3. The second-order valence-corrected chi connectivity index (χ2v) is 17.4. The highest BCUT2D eigenvalue weighted by atomic mass is 16.6. The lowest BCUT2D eigenvalue weighted by Gasteiger charge is -2.18. The summed E-state index contributed by atoms with van der Waals surface area (Å²) in [5, 5.41) is 0. The maximum absolute atomic E-state index is 12.8. The minimum atomic E-state index is -0.789. The highest BCUT2D eigenvalue weighted by molar-refractivity contribution is 5.71. The topological polar surface area (TPSA) is 78.9 Å². The summed E-state index contributed by atoms with van der Waals surface area (Å²) in [6, 6.07) is 0. The Morgan fingerprint density at radius 3 is 1.00 bits per heavy atom. The zero-order chi connectivity index (χ0) is 44.4. The molecular formula is C55H98O6. The third-order valence-electron chi connectivity index (χ3n) is 11.3. The second kappa shape index (κ2) is 50.0. The minimum Gasteiger partial charge on any atom is -0.462 e. The van der Waals surface area contributed by atoms with Crippen molar-refractivity contribution in [3.8, 4) is 0 Å². The fourth-order valence-corrected chi connectivity index (χ4v) is 7.43. The van der Waals surface area contributed by atoms with Gasteiger partial charge >= 0.3 is 17.9 Å². The van der Waals surface area contributed by atoms with Gasteiger partial charge < -0.3 is 14.2 Å². The average Bonchev–Trinajstić information content (AvgIpc) is 3.26. The van der Waals surface area contributed by atoms with E-state index in [1.807, 2.05) is 0 Å². The molecule has 0 rings (SSSR count).